The Hall–Kier alpha value is -6.14. The Balaban J connectivity index is 1.14. The number of nitrogens with zero attached hydrogens (tertiary/aromatic N) is 4. The molecule has 4 saturated carbocycles. The normalized spacial score (nSPS) is 23.6. The Morgan fingerprint density at radius 2 is 1.07 bits per heavy atom. The van der Waals surface area contributed by atoms with Crippen molar-refractivity contribution in [1.29, 1.82) is 0 Å². The third kappa shape index (κ3) is 4.34. The molecule has 5 aliphatic carbocycles. The highest BCUT2D eigenvalue weighted by Crippen LogP contribution is 2.73. The molecule has 1 aliphatic heterocycles. The molecule has 4 fully saturated rings. The van der Waals surface area contributed by atoms with Crippen LogP contribution in [0.25, 0.3) is 56.7 Å². The van der Waals surface area contributed by atoms with Gasteiger partial charge in [0.05, 0.1) is 5.69 Å². The Morgan fingerprint density at radius 3 is 1.83 bits per heavy atom. The summed E-state index contributed by atoms with van der Waals surface area (Å²) in [6.07, 6.45) is 6.42. The predicted molar refractivity (Wildman–Crippen MR) is 209 cm³/mol. The van der Waals surface area contributed by atoms with Crippen LogP contribution in [0.3, 0.4) is 0 Å². The predicted octanol–water partition coefficient (Wildman–Crippen LogP) is 11.6. The van der Waals surface area contributed by atoms with Gasteiger partial charge in [-0.05, 0) is 97.2 Å². The number of pyridine rings is 1. The lowest BCUT2D eigenvalue weighted by Gasteiger charge is -2.61. The molecule has 0 N–H and O–H groups in total. The van der Waals surface area contributed by atoms with Crippen LogP contribution in [0.1, 0.15) is 43.2 Å². The van der Waals surface area contributed by atoms with Crippen molar-refractivity contribution in [3.8, 4) is 79.7 Å². The number of aromatic nitrogens is 4. The zero-order chi connectivity index (χ0) is 35.4. The van der Waals surface area contributed by atoms with E-state index in [0.717, 1.165) is 51.5 Å². The van der Waals surface area contributed by atoms with E-state index in [1.54, 1.807) is 0 Å². The Kier molecular flexibility index (Phi) is 6.42. The highest BCUT2D eigenvalue weighted by atomic mass is 16.6. The van der Waals surface area contributed by atoms with Gasteiger partial charge in [0, 0.05) is 33.2 Å². The van der Waals surface area contributed by atoms with Gasteiger partial charge in [-0.1, -0.05) is 103 Å². The van der Waals surface area contributed by atoms with Gasteiger partial charge >= 0.3 is 0 Å². The van der Waals surface area contributed by atoms with Gasteiger partial charge in [-0.25, -0.2) is 19.9 Å². The van der Waals surface area contributed by atoms with Crippen molar-refractivity contribution in [3.63, 3.8) is 0 Å². The Labute approximate surface area is 313 Å². The molecule has 6 heteroatoms. The molecule has 0 atom stereocenters. The molecule has 1 spiro atoms. The summed E-state index contributed by atoms with van der Waals surface area (Å²) in [6, 6.07) is 45.8. The van der Waals surface area contributed by atoms with Crippen LogP contribution in [0.5, 0.6) is 23.0 Å². The summed E-state index contributed by atoms with van der Waals surface area (Å²) in [5, 5.41) is 0. The standard InChI is InChI=1S/C48H36N4O2/c1-3-12-30(13-4-1)37-18-11-19-38(49-37)47-51-45(31-14-5-2-6-15-31)50-46(52-47)35-27-41-44(54-40-21-10-9-20-39(40)53-41)43-42(35)34-16-7-8-17-36(34)48(43)32-23-28-22-29(25-32)26-33(48)24-28/h1-21,27-29,32-33H,22-26H2. The van der Waals surface area contributed by atoms with Crippen LogP contribution < -0.4 is 9.47 Å². The van der Waals surface area contributed by atoms with Gasteiger partial charge in [-0.2, -0.15) is 0 Å². The lowest BCUT2D eigenvalue weighted by molar-refractivity contribution is -0.0406. The van der Waals surface area contributed by atoms with Gasteiger partial charge in [0.25, 0.3) is 0 Å². The maximum atomic E-state index is 7.03. The lowest BCUT2D eigenvalue weighted by atomic mass is 9.43. The highest BCUT2D eigenvalue weighted by molar-refractivity contribution is 5.96. The SMILES string of the molecule is c1ccc(-c2cccc(-c3nc(-c4ccccc4)nc(-c4cc5c(c6c4-c4ccccc4C64C6CC7CC(C6)CC4C7)Oc4ccccc4O5)n3)n2)cc1. The zero-order valence-electron chi connectivity index (χ0n) is 29.7. The van der Waals surface area contributed by atoms with Crippen molar-refractivity contribution < 1.29 is 9.47 Å². The second-order valence-electron chi connectivity index (χ2n) is 15.8. The van der Waals surface area contributed by atoms with Crippen LogP contribution in [-0.2, 0) is 5.41 Å². The summed E-state index contributed by atoms with van der Waals surface area (Å²) in [5.74, 6) is 7.47. The van der Waals surface area contributed by atoms with E-state index in [9.17, 15) is 0 Å². The number of fused-ring (bicyclic) bond motifs is 6. The maximum absolute atomic E-state index is 7.03. The Morgan fingerprint density at radius 1 is 0.463 bits per heavy atom. The molecule has 13 rings (SSSR count). The van der Waals surface area contributed by atoms with E-state index in [-0.39, 0.29) is 5.41 Å². The van der Waals surface area contributed by atoms with Crippen LogP contribution in [0.2, 0.25) is 0 Å². The molecule has 0 saturated heterocycles. The average Bonchev–Trinajstić information content (AvgIpc) is 3.54. The largest absolute Gasteiger partial charge is 0.449 e. The van der Waals surface area contributed by atoms with Crippen molar-refractivity contribution in [2.24, 2.45) is 23.7 Å². The van der Waals surface area contributed by atoms with Gasteiger partial charge in [0.2, 0.25) is 0 Å². The van der Waals surface area contributed by atoms with Gasteiger partial charge in [0.1, 0.15) is 5.69 Å². The van der Waals surface area contributed by atoms with Gasteiger partial charge < -0.3 is 9.47 Å². The number of benzene rings is 5. The molecule has 7 aromatic rings. The summed E-state index contributed by atoms with van der Waals surface area (Å²) in [5.41, 5.74) is 9.42. The van der Waals surface area contributed by atoms with Crippen molar-refractivity contribution in [1.82, 2.24) is 19.9 Å². The Bertz CT molecular complexity index is 2610. The molecular formula is C48H36N4O2. The third-order valence-electron chi connectivity index (χ3n) is 13.0. The van der Waals surface area contributed by atoms with E-state index in [0.29, 0.717) is 40.8 Å². The molecule has 4 bridgehead atoms. The van der Waals surface area contributed by atoms with E-state index in [4.69, 9.17) is 29.4 Å². The monoisotopic (exact) mass is 700 g/mol. The van der Waals surface area contributed by atoms with Gasteiger partial charge in [-0.3, -0.25) is 0 Å². The first-order valence-electron chi connectivity index (χ1n) is 19.3. The van der Waals surface area contributed by atoms with Crippen LogP contribution in [-0.4, -0.2) is 19.9 Å². The summed E-state index contributed by atoms with van der Waals surface area (Å²) < 4.78 is 13.9. The summed E-state index contributed by atoms with van der Waals surface area (Å²) in [7, 11) is 0. The first-order valence-corrected chi connectivity index (χ1v) is 19.3. The smallest absolute Gasteiger partial charge is 0.182 e. The van der Waals surface area contributed by atoms with Crippen LogP contribution >= 0.6 is 0 Å². The molecule has 2 aromatic heterocycles. The van der Waals surface area contributed by atoms with Crippen LogP contribution in [0.4, 0.5) is 0 Å². The van der Waals surface area contributed by atoms with Crippen molar-refractivity contribution in [3.05, 3.63) is 145 Å². The summed E-state index contributed by atoms with van der Waals surface area (Å²) in [6.45, 7) is 0. The average molecular weight is 701 g/mol. The van der Waals surface area contributed by atoms with E-state index < -0.39 is 0 Å². The van der Waals surface area contributed by atoms with Gasteiger partial charge in [0.15, 0.2) is 40.5 Å². The van der Waals surface area contributed by atoms with Gasteiger partial charge in [-0.15, -0.1) is 0 Å². The molecule has 6 nitrogen and oxygen atoms in total. The van der Waals surface area contributed by atoms with Crippen molar-refractivity contribution in [2.45, 2.75) is 37.5 Å². The maximum Gasteiger partial charge on any atom is 0.182 e. The van der Waals surface area contributed by atoms with Crippen LogP contribution in [0, 0.1) is 23.7 Å². The van der Waals surface area contributed by atoms with Crippen molar-refractivity contribution in [2.75, 3.05) is 0 Å². The van der Waals surface area contributed by atoms with Crippen LogP contribution in [0.15, 0.2) is 133 Å². The second-order valence-corrected chi connectivity index (χ2v) is 15.8. The summed E-state index contributed by atoms with van der Waals surface area (Å²) >= 11 is 0. The fourth-order valence-corrected chi connectivity index (χ4v) is 11.1. The molecule has 54 heavy (non-hydrogen) atoms. The molecule has 0 radical (unpaired) electrons. The van der Waals surface area contributed by atoms with E-state index in [1.165, 1.54) is 54.4 Å². The quantitative estimate of drug-likeness (QED) is 0.182. The topological polar surface area (TPSA) is 70.0 Å². The summed E-state index contributed by atoms with van der Waals surface area (Å²) in [4.78, 5) is 20.8. The second kappa shape index (κ2) is 11.4. The molecule has 3 heterocycles. The minimum absolute atomic E-state index is 0.168. The number of hydrogen-bond donors (Lipinski definition) is 0. The lowest BCUT2D eigenvalue weighted by Crippen LogP contribution is -2.55. The zero-order valence-corrected chi connectivity index (χ0v) is 29.7. The minimum Gasteiger partial charge on any atom is -0.449 e. The first-order chi connectivity index (χ1) is 26.7. The molecular weight excluding hydrogens is 665 g/mol. The highest BCUT2D eigenvalue weighted by Gasteiger charge is 2.63. The molecule has 260 valence electrons. The minimum atomic E-state index is -0.168. The molecule has 0 amide bonds. The molecule has 6 aliphatic rings. The number of rotatable bonds is 4. The molecule has 0 unspecified atom stereocenters. The number of ether oxygens (including phenoxy) is 2. The van der Waals surface area contributed by atoms with Crippen molar-refractivity contribution >= 4 is 0 Å². The fraction of sp³-hybridized carbons (Fsp3) is 0.208. The fourth-order valence-electron chi connectivity index (χ4n) is 11.1. The van der Waals surface area contributed by atoms with E-state index >= 15 is 0 Å². The van der Waals surface area contributed by atoms with E-state index in [1.807, 2.05) is 78.9 Å². The third-order valence-corrected chi connectivity index (χ3v) is 13.0. The van der Waals surface area contributed by atoms with E-state index in [2.05, 4.69) is 54.6 Å². The number of hydrogen-bond acceptors (Lipinski definition) is 6. The molecule has 5 aromatic carbocycles. The first kappa shape index (κ1) is 30.3. The number of para-hydroxylation sites is 2.